The molecule has 0 amide bonds. The van der Waals surface area contributed by atoms with Crippen LogP contribution in [0.3, 0.4) is 0 Å². The average molecular weight is 353 g/mol. The van der Waals surface area contributed by atoms with Crippen molar-refractivity contribution in [1.29, 1.82) is 5.26 Å². The fourth-order valence-corrected chi connectivity index (χ4v) is 4.77. The van der Waals surface area contributed by atoms with Crippen LogP contribution in [-0.2, 0) is 19.4 Å². The molecular formula is C20H27N5O. The van der Waals surface area contributed by atoms with Crippen LogP contribution >= 0.6 is 0 Å². The first-order valence-corrected chi connectivity index (χ1v) is 9.89. The van der Waals surface area contributed by atoms with Crippen molar-refractivity contribution in [3.05, 3.63) is 27.2 Å². The normalized spacial score (nSPS) is 20.6. The summed E-state index contributed by atoms with van der Waals surface area (Å²) in [5.41, 5.74) is 4.13. The molecule has 2 aromatic rings. The van der Waals surface area contributed by atoms with E-state index in [0.29, 0.717) is 25.0 Å². The smallest absolute Gasteiger partial charge is 0.253 e. The van der Waals surface area contributed by atoms with E-state index in [-0.39, 0.29) is 5.56 Å². The standard InChI is InChI=1S/C20H27N5O/c1-13(2)24-11-5-9-16(24)18-17-14-7-3-4-8-15(14)20(26)22-19(17)25(23-18)12-6-10-21/h13,16H,3-9,11-12H2,1-2H3,(H,22,26)/t16-/m1/s1. The van der Waals surface area contributed by atoms with Crippen LogP contribution in [0.1, 0.15) is 68.8 Å². The minimum Gasteiger partial charge on any atom is -0.307 e. The molecule has 1 aliphatic carbocycles. The van der Waals surface area contributed by atoms with Gasteiger partial charge >= 0.3 is 0 Å². The lowest BCUT2D eigenvalue weighted by Crippen LogP contribution is -2.30. The van der Waals surface area contributed by atoms with Crippen LogP contribution in [0.25, 0.3) is 11.0 Å². The first-order valence-electron chi connectivity index (χ1n) is 9.89. The van der Waals surface area contributed by atoms with Crippen molar-refractivity contribution in [3.8, 4) is 6.07 Å². The second-order valence-corrected chi connectivity index (χ2v) is 7.85. The highest BCUT2D eigenvalue weighted by Gasteiger charge is 2.33. The number of nitriles is 1. The molecule has 1 fully saturated rings. The van der Waals surface area contributed by atoms with Crippen LogP contribution < -0.4 is 5.56 Å². The molecule has 2 aliphatic rings. The van der Waals surface area contributed by atoms with E-state index in [1.54, 1.807) is 0 Å². The van der Waals surface area contributed by atoms with Gasteiger partial charge in [-0.05, 0) is 64.5 Å². The monoisotopic (exact) mass is 353 g/mol. The van der Waals surface area contributed by atoms with Crippen LogP contribution in [0.15, 0.2) is 4.79 Å². The van der Waals surface area contributed by atoms with Crippen molar-refractivity contribution in [1.82, 2.24) is 19.7 Å². The van der Waals surface area contributed by atoms with Crippen molar-refractivity contribution in [2.75, 3.05) is 6.54 Å². The van der Waals surface area contributed by atoms with E-state index < -0.39 is 0 Å². The topological polar surface area (TPSA) is 77.7 Å². The van der Waals surface area contributed by atoms with Crippen LogP contribution in [0.5, 0.6) is 0 Å². The molecule has 4 rings (SSSR count). The number of hydrogen-bond donors (Lipinski definition) is 1. The second kappa shape index (κ2) is 6.88. The fourth-order valence-electron chi connectivity index (χ4n) is 4.77. The van der Waals surface area contributed by atoms with Crippen molar-refractivity contribution in [2.24, 2.45) is 0 Å². The van der Waals surface area contributed by atoms with Gasteiger partial charge in [-0.25, -0.2) is 4.68 Å². The molecule has 26 heavy (non-hydrogen) atoms. The summed E-state index contributed by atoms with van der Waals surface area (Å²) in [5, 5.41) is 15.1. The summed E-state index contributed by atoms with van der Waals surface area (Å²) >= 11 is 0. The van der Waals surface area contributed by atoms with Crippen molar-refractivity contribution >= 4 is 11.0 Å². The van der Waals surface area contributed by atoms with Gasteiger partial charge in [0, 0.05) is 17.0 Å². The van der Waals surface area contributed by atoms with Gasteiger partial charge in [0.1, 0.15) is 5.65 Å². The van der Waals surface area contributed by atoms with E-state index in [4.69, 9.17) is 10.4 Å². The molecule has 138 valence electrons. The van der Waals surface area contributed by atoms with Gasteiger partial charge in [-0.1, -0.05) is 0 Å². The van der Waals surface area contributed by atoms with Crippen LogP contribution in [0, 0.1) is 11.3 Å². The number of aromatic nitrogens is 3. The Bertz CT molecular complexity index is 917. The summed E-state index contributed by atoms with van der Waals surface area (Å²) in [6.45, 7) is 6.10. The Morgan fingerprint density at radius 1 is 1.27 bits per heavy atom. The Balaban J connectivity index is 1.94. The summed E-state index contributed by atoms with van der Waals surface area (Å²) < 4.78 is 1.86. The van der Waals surface area contributed by atoms with Gasteiger partial charge in [-0.2, -0.15) is 10.4 Å². The fraction of sp³-hybridized carbons (Fsp3) is 0.650. The van der Waals surface area contributed by atoms with E-state index in [1.165, 1.54) is 12.0 Å². The zero-order chi connectivity index (χ0) is 18.3. The maximum absolute atomic E-state index is 12.6. The summed E-state index contributed by atoms with van der Waals surface area (Å²) in [4.78, 5) is 18.3. The number of aromatic amines is 1. The molecule has 1 N–H and O–H groups in total. The molecule has 6 heteroatoms. The molecule has 1 aliphatic heterocycles. The number of pyridine rings is 1. The highest BCUT2D eigenvalue weighted by molar-refractivity contribution is 5.84. The summed E-state index contributed by atoms with van der Waals surface area (Å²) in [6.07, 6.45) is 6.72. The largest absolute Gasteiger partial charge is 0.307 e. The van der Waals surface area contributed by atoms with Crippen LogP contribution in [0.2, 0.25) is 0 Å². The molecular weight excluding hydrogens is 326 g/mol. The third-order valence-corrected chi connectivity index (χ3v) is 5.96. The third kappa shape index (κ3) is 2.75. The van der Waals surface area contributed by atoms with Gasteiger partial charge in [0.05, 0.1) is 30.8 Å². The zero-order valence-electron chi connectivity index (χ0n) is 15.7. The molecule has 1 saturated heterocycles. The third-order valence-electron chi connectivity index (χ3n) is 5.96. The summed E-state index contributed by atoms with van der Waals surface area (Å²) in [7, 11) is 0. The van der Waals surface area contributed by atoms with Gasteiger partial charge in [0.15, 0.2) is 0 Å². The van der Waals surface area contributed by atoms with Gasteiger partial charge in [-0.3, -0.25) is 9.69 Å². The zero-order valence-corrected chi connectivity index (χ0v) is 15.7. The Kier molecular flexibility index (Phi) is 4.58. The van der Waals surface area contributed by atoms with E-state index in [1.807, 2.05) is 4.68 Å². The number of nitrogens with one attached hydrogen (secondary N) is 1. The molecule has 0 spiro atoms. The molecule has 0 radical (unpaired) electrons. The van der Waals surface area contributed by atoms with E-state index >= 15 is 0 Å². The van der Waals surface area contributed by atoms with Crippen molar-refractivity contribution in [3.63, 3.8) is 0 Å². The Hall–Kier alpha value is -2.13. The van der Waals surface area contributed by atoms with Crippen molar-refractivity contribution in [2.45, 2.75) is 77.4 Å². The van der Waals surface area contributed by atoms with Crippen molar-refractivity contribution < 1.29 is 0 Å². The predicted molar refractivity (Wildman–Crippen MR) is 101 cm³/mol. The van der Waals surface area contributed by atoms with Crippen LogP contribution in [-0.4, -0.2) is 32.3 Å². The van der Waals surface area contributed by atoms with Gasteiger partial charge in [0.2, 0.25) is 0 Å². The first-order chi connectivity index (χ1) is 12.6. The van der Waals surface area contributed by atoms with E-state index in [0.717, 1.165) is 60.9 Å². The average Bonchev–Trinajstić information content (AvgIpc) is 3.25. The second-order valence-electron chi connectivity index (χ2n) is 7.85. The minimum atomic E-state index is 0.0315. The highest BCUT2D eigenvalue weighted by Crippen LogP contribution is 2.38. The van der Waals surface area contributed by atoms with Gasteiger partial charge in [-0.15, -0.1) is 0 Å². The molecule has 2 aromatic heterocycles. The summed E-state index contributed by atoms with van der Waals surface area (Å²) in [5.74, 6) is 0. The number of nitrogens with zero attached hydrogens (tertiary/aromatic N) is 4. The lowest BCUT2D eigenvalue weighted by molar-refractivity contribution is 0.202. The molecule has 0 aromatic carbocycles. The molecule has 6 nitrogen and oxygen atoms in total. The number of fused-ring (bicyclic) bond motifs is 3. The maximum atomic E-state index is 12.6. The number of rotatable bonds is 4. The van der Waals surface area contributed by atoms with Gasteiger partial charge < -0.3 is 4.98 Å². The summed E-state index contributed by atoms with van der Waals surface area (Å²) in [6, 6.07) is 2.98. The molecule has 1 atom stereocenters. The molecule has 0 bridgehead atoms. The minimum absolute atomic E-state index is 0.0315. The number of H-pyrrole nitrogens is 1. The number of hydrogen-bond acceptors (Lipinski definition) is 4. The number of likely N-dealkylation sites (tertiary alicyclic amines) is 1. The Morgan fingerprint density at radius 3 is 2.77 bits per heavy atom. The lowest BCUT2D eigenvalue weighted by Gasteiger charge is -2.27. The molecule has 0 unspecified atom stereocenters. The first kappa shape index (κ1) is 17.3. The Labute approximate surface area is 153 Å². The lowest BCUT2D eigenvalue weighted by atomic mass is 9.89. The van der Waals surface area contributed by atoms with E-state index in [2.05, 4.69) is 29.8 Å². The predicted octanol–water partition coefficient (Wildman–Crippen LogP) is 3.06. The highest BCUT2D eigenvalue weighted by atomic mass is 16.1. The SMILES string of the molecule is CC(C)N1CCC[C@@H]1c1nn(CCC#N)c2[nH]c(=O)c3c(c12)CCCC3. The molecule has 3 heterocycles. The maximum Gasteiger partial charge on any atom is 0.253 e. The quantitative estimate of drug-likeness (QED) is 0.916. The number of aryl methyl sites for hydroxylation is 2. The van der Waals surface area contributed by atoms with E-state index in [9.17, 15) is 4.79 Å². The van der Waals surface area contributed by atoms with Crippen LogP contribution in [0.4, 0.5) is 0 Å². The Morgan fingerprint density at radius 2 is 2.04 bits per heavy atom. The molecule has 0 saturated carbocycles. The van der Waals surface area contributed by atoms with Gasteiger partial charge in [0.25, 0.3) is 5.56 Å².